The molecule has 32 heavy (non-hydrogen) atoms. The smallest absolute Gasteiger partial charge is 0.201 e. The molecular formula is C26H27FN2O3. The van der Waals surface area contributed by atoms with E-state index in [4.69, 9.17) is 4.74 Å². The van der Waals surface area contributed by atoms with Crippen molar-refractivity contribution >= 4 is 5.78 Å². The third-order valence-corrected chi connectivity index (χ3v) is 5.98. The normalized spacial score (nSPS) is 14.5. The van der Waals surface area contributed by atoms with Gasteiger partial charge in [0.15, 0.2) is 5.78 Å². The summed E-state index contributed by atoms with van der Waals surface area (Å²) in [7, 11) is 0. The lowest BCUT2D eigenvalue weighted by Crippen LogP contribution is -2.25. The Morgan fingerprint density at radius 1 is 1.16 bits per heavy atom. The van der Waals surface area contributed by atoms with Crippen molar-refractivity contribution in [2.45, 2.75) is 39.7 Å². The first-order chi connectivity index (χ1) is 15.4. The highest BCUT2D eigenvalue weighted by molar-refractivity contribution is 5.98. The Kier molecular flexibility index (Phi) is 6.61. The van der Waals surface area contributed by atoms with Crippen molar-refractivity contribution in [3.8, 4) is 11.3 Å². The van der Waals surface area contributed by atoms with Gasteiger partial charge in [0.25, 0.3) is 0 Å². The van der Waals surface area contributed by atoms with E-state index in [0.29, 0.717) is 34.8 Å². The lowest BCUT2D eigenvalue weighted by Gasteiger charge is -2.23. The van der Waals surface area contributed by atoms with Crippen molar-refractivity contribution in [3.05, 3.63) is 87.2 Å². The van der Waals surface area contributed by atoms with Crippen molar-refractivity contribution in [1.29, 1.82) is 0 Å². The molecule has 0 amide bonds. The molecule has 6 heteroatoms. The predicted molar refractivity (Wildman–Crippen MR) is 121 cm³/mol. The van der Waals surface area contributed by atoms with Crippen molar-refractivity contribution < 1.29 is 13.9 Å². The molecule has 5 nitrogen and oxygen atoms in total. The fourth-order valence-electron chi connectivity index (χ4n) is 4.00. The van der Waals surface area contributed by atoms with Gasteiger partial charge in [0.2, 0.25) is 5.43 Å². The number of carbonyl (C=O) groups excluding carboxylic acids is 1. The quantitative estimate of drug-likeness (QED) is 0.535. The lowest BCUT2D eigenvalue weighted by atomic mass is 9.98. The Hall–Kier alpha value is -3.12. The average Bonchev–Trinajstić information content (AvgIpc) is 2.78. The highest BCUT2D eigenvalue weighted by Gasteiger charge is 2.20. The molecule has 0 N–H and O–H groups in total. The fraction of sp³-hybridized carbons (Fsp3) is 0.346. The van der Waals surface area contributed by atoms with E-state index in [0.717, 1.165) is 31.6 Å². The van der Waals surface area contributed by atoms with E-state index in [1.54, 1.807) is 43.7 Å². The maximum Gasteiger partial charge on any atom is 0.201 e. The first-order valence-corrected chi connectivity index (χ1v) is 10.9. The van der Waals surface area contributed by atoms with E-state index in [2.05, 4.69) is 4.98 Å². The van der Waals surface area contributed by atoms with E-state index in [1.165, 1.54) is 6.07 Å². The van der Waals surface area contributed by atoms with Crippen molar-refractivity contribution in [2.24, 2.45) is 5.92 Å². The van der Waals surface area contributed by atoms with Gasteiger partial charge in [-0.05, 0) is 61.4 Å². The summed E-state index contributed by atoms with van der Waals surface area (Å²) >= 11 is 0. The van der Waals surface area contributed by atoms with Crippen LogP contribution < -0.4 is 5.43 Å². The molecule has 0 atom stereocenters. The third kappa shape index (κ3) is 5.02. The topological polar surface area (TPSA) is 61.2 Å². The molecular weight excluding hydrogens is 407 g/mol. The maximum absolute atomic E-state index is 14.0. The van der Waals surface area contributed by atoms with Crippen LogP contribution >= 0.6 is 0 Å². The number of hydrogen-bond acceptors (Lipinski definition) is 4. The standard InChI is InChI=1S/C26H27FN2O3/c1-17-3-6-24(28-13-17)21-15-29(14-19-7-9-32-10-8-19)16-22(26(21)31)25(30)12-20-5-4-18(2)23(27)11-20/h3-6,11,13,15-16,19H,7-10,12,14H2,1-2H3. The molecule has 2 aromatic heterocycles. The van der Waals surface area contributed by atoms with Crippen molar-refractivity contribution in [1.82, 2.24) is 9.55 Å². The molecule has 1 aliphatic heterocycles. The minimum atomic E-state index is -0.357. The monoisotopic (exact) mass is 434 g/mol. The number of halogens is 1. The SMILES string of the molecule is Cc1ccc(-c2cn(CC3CCOCC3)cc(C(=O)Cc3ccc(C)c(F)c3)c2=O)nc1. The van der Waals surface area contributed by atoms with Crippen molar-refractivity contribution in [3.63, 3.8) is 0 Å². The molecule has 166 valence electrons. The Morgan fingerprint density at radius 3 is 2.62 bits per heavy atom. The summed E-state index contributed by atoms with van der Waals surface area (Å²) in [4.78, 5) is 30.8. The molecule has 3 heterocycles. The highest BCUT2D eigenvalue weighted by Crippen LogP contribution is 2.20. The van der Waals surface area contributed by atoms with Gasteiger partial charge in [-0.2, -0.15) is 0 Å². The molecule has 1 aliphatic rings. The van der Waals surface area contributed by atoms with Crippen LogP contribution in [-0.2, 0) is 17.7 Å². The first-order valence-electron chi connectivity index (χ1n) is 10.9. The van der Waals surface area contributed by atoms with Gasteiger partial charge in [0.1, 0.15) is 5.82 Å². The number of ether oxygens (including phenoxy) is 1. The van der Waals surface area contributed by atoms with E-state index in [9.17, 15) is 14.0 Å². The molecule has 3 aromatic rings. The predicted octanol–water partition coefficient (Wildman–Crippen LogP) is 4.52. The summed E-state index contributed by atoms with van der Waals surface area (Å²) in [5, 5.41) is 0. The zero-order valence-electron chi connectivity index (χ0n) is 18.4. The van der Waals surface area contributed by atoms with Gasteiger partial charge in [-0.1, -0.05) is 18.2 Å². The van der Waals surface area contributed by atoms with Crippen LogP contribution in [0.4, 0.5) is 4.39 Å². The van der Waals surface area contributed by atoms with E-state index < -0.39 is 0 Å². The molecule has 0 unspecified atom stereocenters. The minimum absolute atomic E-state index is 0.0332. The maximum atomic E-state index is 14.0. The van der Waals surface area contributed by atoms with Crippen LogP contribution in [0, 0.1) is 25.6 Å². The largest absolute Gasteiger partial charge is 0.381 e. The van der Waals surface area contributed by atoms with Crippen LogP contribution in [0.3, 0.4) is 0 Å². The average molecular weight is 435 g/mol. The number of carbonyl (C=O) groups is 1. The third-order valence-electron chi connectivity index (χ3n) is 5.98. The number of aryl methyl sites for hydroxylation is 2. The molecule has 0 radical (unpaired) electrons. The van der Waals surface area contributed by atoms with E-state index in [-0.39, 0.29) is 29.0 Å². The summed E-state index contributed by atoms with van der Waals surface area (Å²) in [5.74, 6) is -0.267. The molecule has 4 rings (SSSR count). The fourth-order valence-corrected chi connectivity index (χ4v) is 4.00. The summed E-state index contributed by atoms with van der Waals surface area (Å²) in [6.45, 7) is 5.75. The van der Waals surface area contributed by atoms with E-state index >= 15 is 0 Å². The summed E-state index contributed by atoms with van der Waals surface area (Å²) in [5.41, 5.74) is 2.76. The van der Waals surface area contributed by atoms with Crippen LogP contribution in [0.2, 0.25) is 0 Å². The van der Waals surface area contributed by atoms with Gasteiger partial charge in [-0.3, -0.25) is 14.6 Å². The van der Waals surface area contributed by atoms with Crippen LogP contribution in [0.25, 0.3) is 11.3 Å². The van der Waals surface area contributed by atoms with Crippen LogP contribution in [0.1, 0.15) is 39.9 Å². The molecule has 0 saturated carbocycles. The Bertz CT molecular complexity index is 1180. The number of Topliss-reactive ketones (excluding diaryl/α,β-unsaturated/α-hetero) is 1. The molecule has 1 fully saturated rings. The highest BCUT2D eigenvalue weighted by atomic mass is 19.1. The first kappa shape index (κ1) is 22.1. The summed E-state index contributed by atoms with van der Waals surface area (Å²) < 4.78 is 21.3. The van der Waals surface area contributed by atoms with Gasteiger partial charge in [0, 0.05) is 44.8 Å². The molecule has 1 saturated heterocycles. The number of aromatic nitrogens is 2. The number of nitrogens with zero attached hydrogens (tertiary/aromatic N) is 2. The van der Waals surface area contributed by atoms with E-state index in [1.807, 2.05) is 17.6 Å². The Balaban J connectivity index is 1.71. The lowest BCUT2D eigenvalue weighted by molar-refractivity contribution is 0.0612. The number of rotatable bonds is 6. The molecule has 0 bridgehead atoms. The molecule has 0 aliphatic carbocycles. The Labute approximate surface area is 186 Å². The van der Waals surface area contributed by atoms with Crippen LogP contribution in [0.5, 0.6) is 0 Å². The number of hydrogen-bond donors (Lipinski definition) is 0. The van der Waals surface area contributed by atoms with Gasteiger partial charge in [-0.15, -0.1) is 0 Å². The number of benzene rings is 1. The summed E-state index contributed by atoms with van der Waals surface area (Å²) in [6, 6.07) is 8.43. The van der Waals surface area contributed by atoms with Crippen LogP contribution in [0.15, 0.2) is 53.7 Å². The second-order valence-corrected chi connectivity index (χ2v) is 8.57. The second kappa shape index (κ2) is 9.57. The molecule has 0 spiro atoms. The zero-order valence-corrected chi connectivity index (χ0v) is 18.4. The number of pyridine rings is 2. The zero-order chi connectivity index (χ0) is 22.7. The number of ketones is 1. The van der Waals surface area contributed by atoms with Gasteiger partial charge < -0.3 is 9.30 Å². The van der Waals surface area contributed by atoms with Gasteiger partial charge in [-0.25, -0.2) is 4.39 Å². The van der Waals surface area contributed by atoms with Crippen molar-refractivity contribution in [2.75, 3.05) is 13.2 Å². The Morgan fingerprint density at radius 2 is 1.94 bits per heavy atom. The van der Waals surface area contributed by atoms with Gasteiger partial charge >= 0.3 is 0 Å². The second-order valence-electron chi connectivity index (χ2n) is 8.57. The van der Waals surface area contributed by atoms with Crippen LogP contribution in [-0.4, -0.2) is 28.5 Å². The summed E-state index contributed by atoms with van der Waals surface area (Å²) in [6.07, 6.45) is 6.99. The van der Waals surface area contributed by atoms with Gasteiger partial charge in [0.05, 0.1) is 16.8 Å². The molecule has 1 aromatic carbocycles. The minimum Gasteiger partial charge on any atom is -0.381 e.